The Hall–Kier alpha value is -0.940. The highest BCUT2D eigenvalue weighted by atomic mass is 32.3. The normalized spacial score (nSPS) is 18.4. The Morgan fingerprint density at radius 3 is 2.44 bits per heavy atom. The molecule has 3 nitrogen and oxygen atoms in total. The molecule has 140 valence electrons. The van der Waals surface area contributed by atoms with E-state index in [2.05, 4.69) is 23.0 Å². The quantitative estimate of drug-likeness (QED) is 0.589. The van der Waals surface area contributed by atoms with E-state index in [4.69, 9.17) is 0 Å². The van der Waals surface area contributed by atoms with Gasteiger partial charge in [-0.2, -0.15) is 8.42 Å². The lowest BCUT2D eigenvalue weighted by Crippen LogP contribution is -2.18. The van der Waals surface area contributed by atoms with E-state index in [1.54, 1.807) is 12.1 Å². The van der Waals surface area contributed by atoms with Gasteiger partial charge in [0.25, 0.3) is 10.0 Å². The SMILES string of the molecule is CCCC/C(C)=C\S(=N\S(=O)(=O)c1ccc(C)cc1)C1CCCCC1. The van der Waals surface area contributed by atoms with E-state index in [1.807, 2.05) is 19.1 Å². The van der Waals surface area contributed by atoms with Crippen molar-refractivity contribution in [2.75, 3.05) is 0 Å². The lowest BCUT2D eigenvalue weighted by atomic mass is 10.0. The lowest BCUT2D eigenvalue weighted by molar-refractivity contribution is 0.515. The molecule has 1 aliphatic carbocycles. The smallest absolute Gasteiger partial charge is 0.199 e. The van der Waals surface area contributed by atoms with E-state index >= 15 is 0 Å². The predicted octanol–water partition coefficient (Wildman–Crippen LogP) is 5.91. The van der Waals surface area contributed by atoms with Gasteiger partial charge in [-0.15, -0.1) is 3.77 Å². The van der Waals surface area contributed by atoms with Crippen LogP contribution in [0, 0.1) is 6.92 Å². The average Bonchev–Trinajstić information content (AvgIpc) is 2.60. The van der Waals surface area contributed by atoms with Gasteiger partial charge >= 0.3 is 0 Å². The summed E-state index contributed by atoms with van der Waals surface area (Å²) in [5.74, 6) is 0. The van der Waals surface area contributed by atoms with Crippen molar-refractivity contribution in [3.63, 3.8) is 0 Å². The fourth-order valence-electron chi connectivity index (χ4n) is 3.07. The number of nitrogens with zero attached hydrogens (tertiary/aromatic N) is 1. The number of allylic oxidation sites excluding steroid dienone is 1. The largest absolute Gasteiger partial charge is 0.288 e. The highest BCUT2D eigenvalue weighted by Gasteiger charge is 2.21. The van der Waals surface area contributed by atoms with Crippen LogP contribution in [0.1, 0.15) is 70.8 Å². The van der Waals surface area contributed by atoms with Gasteiger partial charge in [0.1, 0.15) is 0 Å². The van der Waals surface area contributed by atoms with Gasteiger partial charge in [0.2, 0.25) is 0 Å². The number of aryl methyl sites for hydroxylation is 1. The van der Waals surface area contributed by atoms with Crippen molar-refractivity contribution in [2.24, 2.45) is 3.77 Å². The highest BCUT2D eigenvalue weighted by Crippen LogP contribution is 2.27. The van der Waals surface area contributed by atoms with E-state index in [-0.39, 0.29) is 0 Å². The van der Waals surface area contributed by atoms with Crippen LogP contribution in [0.4, 0.5) is 0 Å². The van der Waals surface area contributed by atoms with Crippen molar-refractivity contribution in [1.82, 2.24) is 0 Å². The van der Waals surface area contributed by atoms with Crippen molar-refractivity contribution >= 4 is 20.7 Å². The molecule has 5 heteroatoms. The molecule has 1 aromatic carbocycles. The minimum absolute atomic E-state index is 0.311. The molecule has 1 atom stereocenters. The molecule has 0 heterocycles. The number of sulfonamides is 1. The van der Waals surface area contributed by atoms with Crippen LogP contribution in [0.2, 0.25) is 0 Å². The standard InChI is InChI=1S/C20H31NO2S2/c1-4-5-9-18(3)16-24(19-10-7-6-8-11-19)21-25(22,23)20-14-12-17(2)13-15-20/h12-16,19H,4-11H2,1-3H3/b18-16-. The summed E-state index contributed by atoms with van der Waals surface area (Å²) in [4.78, 5) is 0.311. The summed E-state index contributed by atoms with van der Waals surface area (Å²) in [6.07, 6.45) is 9.16. The molecule has 0 saturated heterocycles. The Morgan fingerprint density at radius 2 is 1.84 bits per heavy atom. The third-order valence-electron chi connectivity index (χ3n) is 4.64. The molecule has 0 aliphatic heterocycles. The maximum atomic E-state index is 12.8. The van der Waals surface area contributed by atoms with Crippen molar-refractivity contribution in [3.05, 3.63) is 40.8 Å². The van der Waals surface area contributed by atoms with E-state index < -0.39 is 20.7 Å². The van der Waals surface area contributed by atoms with Crippen molar-refractivity contribution in [1.29, 1.82) is 0 Å². The minimum atomic E-state index is -3.60. The van der Waals surface area contributed by atoms with Crippen LogP contribution in [-0.2, 0) is 20.7 Å². The van der Waals surface area contributed by atoms with E-state index in [0.717, 1.165) is 37.7 Å². The topological polar surface area (TPSA) is 46.5 Å². The number of rotatable bonds is 7. The Bertz CT molecular complexity index is 713. The zero-order valence-corrected chi connectivity index (χ0v) is 17.3. The van der Waals surface area contributed by atoms with Crippen molar-refractivity contribution < 1.29 is 8.42 Å². The van der Waals surface area contributed by atoms with Crippen LogP contribution in [0.15, 0.2) is 43.9 Å². The second-order valence-electron chi connectivity index (χ2n) is 7.04. The third-order valence-corrected chi connectivity index (χ3v) is 8.78. The van der Waals surface area contributed by atoms with Crippen LogP contribution in [0.5, 0.6) is 0 Å². The summed E-state index contributed by atoms with van der Waals surface area (Å²) >= 11 is 0. The second-order valence-corrected chi connectivity index (χ2v) is 10.7. The van der Waals surface area contributed by atoms with Gasteiger partial charge in [-0.3, -0.25) is 0 Å². The molecule has 0 bridgehead atoms. The van der Waals surface area contributed by atoms with E-state index in [9.17, 15) is 8.42 Å². The van der Waals surface area contributed by atoms with Gasteiger partial charge in [0, 0.05) is 5.25 Å². The van der Waals surface area contributed by atoms with Crippen LogP contribution in [0.3, 0.4) is 0 Å². The molecule has 0 N–H and O–H groups in total. The molecule has 0 amide bonds. The van der Waals surface area contributed by atoms with Crippen LogP contribution in [-0.4, -0.2) is 13.7 Å². The fourth-order valence-corrected chi connectivity index (χ4v) is 7.00. The van der Waals surface area contributed by atoms with Gasteiger partial charge in [-0.05, 0) is 57.1 Å². The average molecular weight is 382 g/mol. The van der Waals surface area contributed by atoms with Crippen LogP contribution in [0.25, 0.3) is 0 Å². The summed E-state index contributed by atoms with van der Waals surface area (Å²) in [7, 11) is -4.14. The zero-order valence-electron chi connectivity index (χ0n) is 15.7. The Balaban J connectivity index is 2.35. The Labute approximate surface area is 156 Å². The molecule has 1 aromatic rings. The molecule has 1 aliphatic rings. The first-order valence-corrected chi connectivity index (χ1v) is 12.1. The molecular weight excluding hydrogens is 350 g/mol. The molecule has 0 spiro atoms. The van der Waals surface area contributed by atoms with Crippen LogP contribution < -0.4 is 0 Å². The Kier molecular flexibility index (Phi) is 7.88. The highest BCUT2D eigenvalue weighted by molar-refractivity contribution is 8.01. The van der Waals surface area contributed by atoms with Gasteiger partial charge in [-0.1, -0.05) is 66.6 Å². The van der Waals surface area contributed by atoms with Gasteiger partial charge < -0.3 is 0 Å². The minimum Gasteiger partial charge on any atom is -0.199 e. The summed E-state index contributed by atoms with van der Waals surface area (Å²) in [6.45, 7) is 6.26. The van der Waals surface area contributed by atoms with E-state index in [0.29, 0.717) is 10.1 Å². The fraction of sp³-hybridized carbons (Fsp3) is 0.600. The maximum Gasteiger partial charge on any atom is 0.288 e. The molecule has 2 rings (SSSR count). The monoisotopic (exact) mass is 381 g/mol. The molecule has 1 saturated carbocycles. The van der Waals surface area contributed by atoms with E-state index in [1.165, 1.54) is 24.8 Å². The van der Waals surface area contributed by atoms with Gasteiger partial charge in [0.05, 0.1) is 4.90 Å². The van der Waals surface area contributed by atoms with Gasteiger partial charge in [0.15, 0.2) is 0 Å². The lowest BCUT2D eigenvalue weighted by Gasteiger charge is -2.23. The van der Waals surface area contributed by atoms with Gasteiger partial charge in [-0.25, -0.2) is 0 Å². The summed E-state index contributed by atoms with van der Waals surface area (Å²) < 4.78 is 30.0. The van der Waals surface area contributed by atoms with Crippen molar-refractivity contribution in [2.45, 2.75) is 82.3 Å². The molecule has 0 radical (unpaired) electrons. The Morgan fingerprint density at radius 1 is 1.20 bits per heavy atom. The molecule has 0 aromatic heterocycles. The summed E-state index contributed by atoms with van der Waals surface area (Å²) in [5, 5.41) is 2.53. The van der Waals surface area contributed by atoms with Crippen LogP contribution >= 0.6 is 0 Å². The first-order chi connectivity index (χ1) is 11.9. The third kappa shape index (κ3) is 6.37. The number of benzene rings is 1. The summed E-state index contributed by atoms with van der Waals surface area (Å²) in [5.41, 5.74) is 2.33. The number of unbranched alkanes of at least 4 members (excludes halogenated alkanes) is 1. The first-order valence-electron chi connectivity index (χ1n) is 9.36. The first kappa shape index (κ1) is 20.4. The molecular formula is C20H31NO2S2. The number of hydrogen-bond acceptors (Lipinski definition) is 2. The molecule has 25 heavy (non-hydrogen) atoms. The number of hydrogen-bond donors (Lipinski definition) is 0. The molecule has 1 unspecified atom stereocenters. The zero-order chi connectivity index (χ0) is 18.3. The van der Waals surface area contributed by atoms with Crippen molar-refractivity contribution in [3.8, 4) is 0 Å². The summed E-state index contributed by atoms with van der Waals surface area (Å²) in [6, 6.07) is 7.02. The maximum absolute atomic E-state index is 12.8. The second kappa shape index (κ2) is 9.67. The molecule has 1 fully saturated rings. The predicted molar refractivity (Wildman–Crippen MR) is 108 cm³/mol.